The summed E-state index contributed by atoms with van der Waals surface area (Å²) in [6, 6.07) is 13.9. The summed E-state index contributed by atoms with van der Waals surface area (Å²) in [5, 5.41) is 6.52. The van der Waals surface area contributed by atoms with Gasteiger partial charge in [-0.3, -0.25) is 0 Å². The Morgan fingerprint density at radius 3 is 2.64 bits per heavy atom. The van der Waals surface area contributed by atoms with Gasteiger partial charge in [0, 0.05) is 20.2 Å². The van der Waals surface area contributed by atoms with E-state index >= 15 is 0 Å². The Morgan fingerprint density at radius 2 is 2.00 bits per heavy atom. The van der Waals surface area contributed by atoms with E-state index < -0.39 is 0 Å². The fourth-order valence-electron chi connectivity index (χ4n) is 2.10. The van der Waals surface area contributed by atoms with E-state index in [0.29, 0.717) is 13.1 Å². The number of guanidine groups is 1. The first kappa shape index (κ1) is 16.1. The molecule has 2 N–H and O–H groups in total. The van der Waals surface area contributed by atoms with Crippen LogP contribution >= 0.6 is 0 Å². The van der Waals surface area contributed by atoms with E-state index in [1.807, 2.05) is 37.3 Å². The van der Waals surface area contributed by atoms with E-state index in [1.165, 1.54) is 0 Å². The Kier molecular flexibility index (Phi) is 6.51. The summed E-state index contributed by atoms with van der Waals surface area (Å²) in [4.78, 5) is 4.50. The van der Waals surface area contributed by atoms with Crippen molar-refractivity contribution in [2.75, 3.05) is 20.2 Å². The Balaban J connectivity index is 1.93. The molecule has 0 aliphatic heterocycles. The van der Waals surface area contributed by atoms with Gasteiger partial charge in [0.2, 0.25) is 0 Å². The summed E-state index contributed by atoms with van der Waals surface area (Å²) < 4.78 is 10.8. The second-order valence-electron chi connectivity index (χ2n) is 4.79. The lowest BCUT2D eigenvalue weighted by molar-refractivity contribution is 0.106. The lowest BCUT2D eigenvalue weighted by Gasteiger charge is -2.18. The SMILES string of the molecule is CCNC(=NCc1ccco1)NCC(OC)c1ccccc1. The number of rotatable bonds is 7. The lowest BCUT2D eigenvalue weighted by atomic mass is 10.1. The van der Waals surface area contributed by atoms with E-state index in [4.69, 9.17) is 9.15 Å². The Hall–Kier alpha value is -2.27. The molecule has 0 saturated heterocycles. The molecule has 0 saturated carbocycles. The average molecular weight is 301 g/mol. The second kappa shape index (κ2) is 8.89. The molecule has 5 nitrogen and oxygen atoms in total. The van der Waals surface area contributed by atoms with Crippen LogP contribution in [0, 0.1) is 0 Å². The zero-order valence-electron chi connectivity index (χ0n) is 13.1. The minimum absolute atomic E-state index is 0.0198. The largest absolute Gasteiger partial charge is 0.467 e. The molecule has 0 spiro atoms. The topological polar surface area (TPSA) is 58.8 Å². The van der Waals surface area contributed by atoms with Crippen LogP contribution in [0.2, 0.25) is 0 Å². The number of ether oxygens (including phenoxy) is 1. The molecule has 0 bridgehead atoms. The van der Waals surface area contributed by atoms with Gasteiger partial charge in [-0.05, 0) is 24.6 Å². The lowest BCUT2D eigenvalue weighted by Crippen LogP contribution is -2.39. The van der Waals surface area contributed by atoms with Crippen LogP contribution in [-0.4, -0.2) is 26.2 Å². The number of hydrogen-bond acceptors (Lipinski definition) is 3. The van der Waals surface area contributed by atoms with Crippen LogP contribution in [0.1, 0.15) is 24.4 Å². The number of methoxy groups -OCH3 is 1. The van der Waals surface area contributed by atoms with E-state index in [0.717, 1.165) is 23.8 Å². The minimum Gasteiger partial charge on any atom is -0.467 e. The molecule has 0 aliphatic rings. The number of nitrogens with zero attached hydrogens (tertiary/aromatic N) is 1. The fraction of sp³-hybridized carbons (Fsp3) is 0.353. The highest BCUT2D eigenvalue weighted by atomic mass is 16.5. The van der Waals surface area contributed by atoms with Gasteiger partial charge in [0.1, 0.15) is 12.3 Å². The first-order valence-electron chi connectivity index (χ1n) is 7.45. The van der Waals surface area contributed by atoms with Gasteiger partial charge in [-0.2, -0.15) is 0 Å². The van der Waals surface area contributed by atoms with E-state index in [9.17, 15) is 0 Å². The maximum Gasteiger partial charge on any atom is 0.191 e. The maximum atomic E-state index is 5.55. The summed E-state index contributed by atoms with van der Waals surface area (Å²) in [6.45, 7) is 3.98. The number of nitrogens with one attached hydrogen (secondary N) is 2. The first-order chi connectivity index (χ1) is 10.8. The molecule has 2 aromatic rings. The molecule has 1 aromatic carbocycles. The van der Waals surface area contributed by atoms with Crippen LogP contribution in [0.15, 0.2) is 58.1 Å². The zero-order valence-corrected chi connectivity index (χ0v) is 13.1. The van der Waals surface area contributed by atoms with E-state index in [2.05, 4.69) is 27.8 Å². The number of furan rings is 1. The van der Waals surface area contributed by atoms with Crippen molar-refractivity contribution in [1.29, 1.82) is 0 Å². The van der Waals surface area contributed by atoms with Crippen molar-refractivity contribution in [1.82, 2.24) is 10.6 Å². The van der Waals surface area contributed by atoms with Crippen LogP contribution < -0.4 is 10.6 Å². The van der Waals surface area contributed by atoms with Gasteiger partial charge in [-0.1, -0.05) is 30.3 Å². The molecule has 1 unspecified atom stereocenters. The van der Waals surface area contributed by atoms with Crippen molar-refractivity contribution in [2.45, 2.75) is 19.6 Å². The summed E-state index contributed by atoms with van der Waals surface area (Å²) in [5.74, 6) is 1.58. The summed E-state index contributed by atoms with van der Waals surface area (Å²) >= 11 is 0. The van der Waals surface area contributed by atoms with E-state index in [1.54, 1.807) is 13.4 Å². The molecule has 2 rings (SSSR count). The van der Waals surface area contributed by atoms with E-state index in [-0.39, 0.29) is 6.10 Å². The van der Waals surface area contributed by atoms with Crippen LogP contribution in [0.4, 0.5) is 0 Å². The second-order valence-corrected chi connectivity index (χ2v) is 4.79. The zero-order chi connectivity index (χ0) is 15.6. The van der Waals surface area contributed by atoms with Crippen molar-refractivity contribution in [2.24, 2.45) is 4.99 Å². The monoisotopic (exact) mass is 301 g/mol. The average Bonchev–Trinajstić information content (AvgIpc) is 3.07. The molecule has 0 fully saturated rings. The normalized spacial score (nSPS) is 12.9. The third-order valence-electron chi connectivity index (χ3n) is 3.23. The molecular weight excluding hydrogens is 278 g/mol. The summed E-state index contributed by atoms with van der Waals surface area (Å²) in [6.07, 6.45) is 1.63. The number of hydrogen-bond donors (Lipinski definition) is 2. The highest BCUT2D eigenvalue weighted by molar-refractivity contribution is 5.79. The van der Waals surface area contributed by atoms with Crippen LogP contribution in [-0.2, 0) is 11.3 Å². The highest BCUT2D eigenvalue weighted by Crippen LogP contribution is 2.14. The molecule has 0 radical (unpaired) electrons. The fourth-order valence-corrected chi connectivity index (χ4v) is 2.10. The molecule has 1 aromatic heterocycles. The highest BCUT2D eigenvalue weighted by Gasteiger charge is 2.10. The van der Waals surface area contributed by atoms with Gasteiger partial charge in [0.25, 0.3) is 0 Å². The van der Waals surface area contributed by atoms with Crippen LogP contribution in [0.25, 0.3) is 0 Å². The van der Waals surface area contributed by atoms with Gasteiger partial charge < -0.3 is 19.8 Å². The molecule has 0 amide bonds. The smallest absolute Gasteiger partial charge is 0.191 e. The van der Waals surface area contributed by atoms with Crippen molar-refractivity contribution in [3.63, 3.8) is 0 Å². The maximum absolute atomic E-state index is 5.55. The molecule has 1 atom stereocenters. The van der Waals surface area contributed by atoms with Gasteiger partial charge >= 0.3 is 0 Å². The molecule has 0 aliphatic carbocycles. The molecule has 5 heteroatoms. The first-order valence-corrected chi connectivity index (χ1v) is 7.45. The summed E-state index contributed by atoms with van der Waals surface area (Å²) in [7, 11) is 1.71. The molecule has 22 heavy (non-hydrogen) atoms. The standard InChI is InChI=1S/C17H23N3O2/c1-3-18-17(19-12-15-10-7-11-22-15)20-13-16(21-2)14-8-5-4-6-9-14/h4-11,16H,3,12-13H2,1-2H3,(H2,18,19,20). The Bertz CT molecular complexity index is 553. The molecular formula is C17H23N3O2. The summed E-state index contributed by atoms with van der Waals surface area (Å²) in [5.41, 5.74) is 1.14. The van der Waals surface area contributed by atoms with Crippen LogP contribution in [0.3, 0.4) is 0 Å². The Morgan fingerprint density at radius 1 is 1.18 bits per heavy atom. The predicted octanol–water partition coefficient (Wildman–Crippen LogP) is 2.72. The quantitative estimate of drug-likeness (QED) is 0.610. The van der Waals surface area contributed by atoms with Crippen LogP contribution in [0.5, 0.6) is 0 Å². The van der Waals surface area contributed by atoms with Gasteiger partial charge in [-0.25, -0.2) is 4.99 Å². The van der Waals surface area contributed by atoms with Crippen molar-refractivity contribution in [3.8, 4) is 0 Å². The minimum atomic E-state index is -0.0198. The van der Waals surface area contributed by atoms with Crippen molar-refractivity contribution >= 4 is 5.96 Å². The van der Waals surface area contributed by atoms with Crippen molar-refractivity contribution in [3.05, 3.63) is 60.1 Å². The number of aliphatic imine (C=N–C) groups is 1. The van der Waals surface area contributed by atoms with Crippen molar-refractivity contribution < 1.29 is 9.15 Å². The van der Waals surface area contributed by atoms with Gasteiger partial charge in [-0.15, -0.1) is 0 Å². The van der Waals surface area contributed by atoms with Gasteiger partial charge in [0.05, 0.1) is 12.4 Å². The van der Waals surface area contributed by atoms with Gasteiger partial charge in [0.15, 0.2) is 5.96 Å². The third-order valence-corrected chi connectivity index (χ3v) is 3.23. The Labute approximate surface area is 131 Å². The number of benzene rings is 1. The molecule has 118 valence electrons. The predicted molar refractivity (Wildman–Crippen MR) is 87.7 cm³/mol. The third kappa shape index (κ3) is 4.93. The molecule has 1 heterocycles.